The Kier molecular flexibility index (Phi) is 5.62. The van der Waals surface area contributed by atoms with E-state index >= 15 is 0 Å². The van der Waals surface area contributed by atoms with Gasteiger partial charge in [0.25, 0.3) is 5.91 Å². The molecule has 1 N–H and O–H groups in total. The molecule has 0 spiro atoms. The molecule has 1 fully saturated rings. The van der Waals surface area contributed by atoms with Crippen molar-refractivity contribution in [3.8, 4) is 17.1 Å². The number of likely N-dealkylation sites (N-methyl/N-ethyl adjacent to an activating group) is 1. The van der Waals surface area contributed by atoms with Crippen LogP contribution in [0, 0.1) is 0 Å². The zero-order valence-electron chi connectivity index (χ0n) is 18.6. The highest BCUT2D eigenvalue weighted by atomic mass is 16.5. The number of aromatic nitrogens is 4. The maximum Gasteiger partial charge on any atom is 0.253 e. The van der Waals surface area contributed by atoms with Gasteiger partial charge in [-0.25, -0.2) is 14.5 Å². The van der Waals surface area contributed by atoms with Crippen LogP contribution in [0.1, 0.15) is 10.4 Å². The summed E-state index contributed by atoms with van der Waals surface area (Å²) < 4.78 is 6.97. The molecule has 1 aliphatic rings. The molecule has 0 unspecified atom stereocenters. The number of carbonyl (C=O) groups excluding carboxylic acids is 1. The first-order valence-electron chi connectivity index (χ1n) is 10.8. The van der Waals surface area contributed by atoms with Crippen LogP contribution in [0.15, 0.2) is 60.9 Å². The molecule has 0 radical (unpaired) electrons. The predicted octanol–water partition coefficient (Wildman–Crippen LogP) is 2.93. The quantitative estimate of drug-likeness (QED) is 0.507. The molecule has 1 saturated heterocycles. The highest BCUT2D eigenvalue weighted by molar-refractivity contribution is 5.94. The summed E-state index contributed by atoms with van der Waals surface area (Å²) in [5.41, 5.74) is 4.19. The van der Waals surface area contributed by atoms with Crippen molar-refractivity contribution >= 4 is 23.1 Å². The molecule has 4 heterocycles. The molecule has 5 rings (SSSR count). The summed E-state index contributed by atoms with van der Waals surface area (Å²) in [5, 5.41) is 7.87. The van der Waals surface area contributed by atoms with Crippen LogP contribution in [0.3, 0.4) is 0 Å². The summed E-state index contributed by atoms with van der Waals surface area (Å²) in [4.78, 5) is 25.6. The first-order valence-corrected chi connectivity index (χ1v) is 10.8. The Morgan fingerprint density at radius 3 is 2.42 bits per heavy atom. The number of carbonyl (C=O) groups is 1. The van der Waals surface area contributed by atoms with Crippen LogP contribution >= 0.6 is 0 Å². The highest BCUT2D eigenvalue weighted by Gasteiger charge is 2.20. The molecule has 4 aromatic rings. The standard InChI is InChI=1S/C24H25N7O2/c1-29-11-13-30(14-12-29)23(32)17-3-6-19(7-4-17)27-24-26-16-20-8-9-21(31(20)28-24)18-5-10-22(33-2)25-15-18/h3-10,15-16H,11-14H2,1-2H3,(H,27,28). The third-order valence-corrected chi connectivity index (χ3v) is 5.82. The largest absolute Gasteiger partial charge is 0.481 e. The Morgan fingerprint density at radius 2 is 1.73 bits per heavy atom. The number of nitrogens with one attached hydrogen (secondary N) is 1. The second kappa shape index (κ2) is 8.87. The Morgan fingerprint density at radius 1 is 0.939 bits per heavy atom. The highest BCUT2D eigenvalue weighted by Crippen LogP contribution is 2.23. The predicted molar refractivity (Wildman–Crippen MR) is 126 cm³/mol. The normalized spacial score (nSPS) is 14.4. The number of anilines is 2. The molecule has 3 aromatic heterocycles. The van der Waals surface area contributed by atoms with Crippen molar-refractivity contribution in [2.75, 3.05) is 45.7 Å². The fourth-order valence-corrected chi connectivity index (χ4v) is 3.85. The number of amides is 1. The van der Waals surface area contributed by atoms with Crippen LogP contribution in [0.4, 0.5) is 11.6 Å². The van der Waals surface area contributed by atoms with Gasteiger partial charge in [0.15, 0.2) is 0 Å². The number of methoxy groups -OCH3 is 1. The van der Waals surface area contributed by atoms with E-state index in [4.69, 9.17) is 4.74 Å². The molecule has 1 aromatic carbocycles. The fourth-order valence-electron chi connectivity index (χ4n) is 3.85. The first kappa shape index (κ1) is 20.9. The molecule has 9 nitrogen and oxygen atoms in total. The van der Waals surface area contributed by atoms with Crippen molar-refractivity contribution < 1.29 is 9.53 Å². The van der Waals surface area contributed by atoms with Crippen molar-refractivity contribution in [1.82, 2.24) is 29.4 Å². The van der Waals surface area contributed by atoms with Gasteiger partial charge in [0.2, 0.25) is 11.8 Å². The van der Waals surface area contributed by atoms with Gasteiger partial charge in [-0.15, -0.1) is 5.10 Å². The van der Waals surface area contributed by atoms with Crippen LogP contribution in [-0.4, -0.2) is 75.6 Å². The Labute approximate surface area is 191 Å². The minimum absolute atomic E-state index is 0.0670. The summed E-state index contributed by atoms with van der Waals surface area (Å²) in [6.07, 6.45) is 3.52. The second-order valence-electron chi connectivity index (χ2n) is 8.02. The lowest BCUT2D eigenvalue weighted by Crippen LogP contribution is -2.47. The zero-order chi connectivity index (χ0) is 22.8. The summed E-state index contributed by atoms with van der Waals surface area (Å²) in [7, 11) is 3.67. The average Bonchev–Trinajstić information content (AvgIpc) is 3.28. The van der Waals surface area contributed by atoms with Gasteiger partial charge in [-0.2, -0.15) is 0 Å². The monoisotopic (exact) mass is 443 g/mol. The minimum atomic E-state index is 0.0670. The van der Waals surface area contributed by atoms with E-state index in [-0.39, 0.29) is 5.91 Å². The first-order chi connectivity index (χ1) is 16.1. The van der Waals surface area contributed by atoms with Gasteiger partial charge in [-0.1, -0.05) is 0 Å². The van der Waals surface area contributed by atoms with Crippen molar-refractivity contribution in [2.24, 2.45) is 0 Å². The number of ether oxygens (including phenoxy) is 1. The van der Waals surface area contributed by atoms with E-state index in [0.29, 0.717) is 17.4 Å². The summed E-state index contributed by atoms with van der Waals surface area (Å²) >= 11 is 0. The summed E-state index contributed by atoms with van der Waals surface area (Å²) in [6.45, 7) is 3.32. The number of fused-ring (bicyclic) bond motifs is 1. The van der Waals surface area contributed by atoms with E-state index < -0.39 is 0 Å². The number of rotatable bonds is 5. The number of piperazine rings is 1. The second-order valence-corrected chi connectivity index (χ2v) is 8.02. The number of nitrogens with zero attached hydrogens (tertiary/aromatic N) is 6. The number of hydrogen-bond acceptors (Lipinski definition) is 7. The SMILES string of the molecule is COc1ccc(-c2ccc3cnc(Nc4ccc(C(=O)N5CCN(C)CC5)cc4)nn23)cn1. The molecule has 9 heteroatoms. The van der Waals surface area contributed by atoms with E-state index in [1.165, 1.54) is 0 Å². The van der Waals surface area contributed by atoms with Gasteiger partial charge in [0, 0.05) is 55.3 Å². The zero-order valence-corrected chi connectivity index (χ0v) is 18.6. The van der Waals surface area contributed by atoms with Crippen molar-refractivity contribution in [3.63, 3.8) is 0 Å². The van der Waals surface area contributed by atoms with E-state index in [2.05, 4.69) is 32.3 Å². The lowest BCUT2D eigenvalue weighted by atomic mass is 10.1. The van der Waals surface area contributed by atoms with Crippen LogP contribution in [-0.2, 0) is 0 Å². The van der Waals surface area contributed by atoms with Gasteiger partial charge in [-0.3, -0.25) is 4.79 Å². The molecule has 0 saturated carbocycles. The number of hydrogen-bond donors (Lipinski definition) is 1. The van der Waals surface area contributed by atoms with E-state index in [1.54, 1.807) is 19.5 Å². The van der Waals surface area contributed by atoms with Crippen LogP contribution in [0.25, 0.3) is 16.8 Å². The van der Waals surface area contributed by atoms with Crippen LogP contribution in [0.5, 0.6) is 5.88 Å². The lowest BCUT2D eigenvalue weighted by molar-refractivity contribution is 0.0664. The number of pyridine rings is 1. The Bertz CT molecular complexity index is 1260. The summed E-state index contributed by atoms with van der Waals surface area (Å²) in [5.74, 6) is 1.09. The number of benzene rings is 1. The molecular weight excluding hydrogens is 418 g/mol. The molecule has 0 bridgehead atoms. The Balaban J connectivity index is 1.33. The van der Waals surface area contributed by atoms with Gasteiger partial charge < -0.3 is 19.9 Å². The van der Waals surface area contributed by atoms with Gasteiger partial charge in [-0.05, 0) is 49.5 Å². The molecule has 1 aliphatic heterocycles. The third-order valence-electron chi connectivity index (χ3n) is 5.82. The van der Waals surface area contributed by atoms with Gasteiger partial charge >= 0.3 is 0 Å². The smallest absolute Gasteiger partial charge is 0.253 e. The van der Waals surface area contributed by atoms with E-state index in [1.807, 2.05) is 57.9 Å². The maximum atomic E-state index is 12.8. The molecule has 0 atom stereocenters. The van der Waals surface area contributed by atoms with Crippen molar-refractivity contribution in [3.05, 3.63) is 66.5 Å². The fraction of sp³-hybridized carbons (Fsp3) is 0.250. The van der Waals surface area contributed by atoms with Crippen LogP contribution in [0.2, 0.25) is 0 Å². The topological polar surface area (TPSA) is 87.9 Å². The van der Waals surface area contributed by atoms with Crippen molar-refractivity contribution in [1.29, 1.82) is 0 Å². The Hall–Kier alpha value is -3.98. The maximum absolute atomic E-state index is 12.8. The minimum Gasteiger partial charge on any atom is -0.481 e. The molecular formula is C24H25N7O2. The molecule has 0 aliphatic carbocycles. The molecule has 168 valence electrons. The van der Waals surface area contributed by atoms with Crippen LogP contribution < -0.4 is 10.1 Å². The molecule has 33 heavy (non-hydrogen) atoms. The summed E-state index contributed by atoms with van der Waals surface area (Å²) in [6, 6.07) is 15.1. The van der Waals surface area contributed by atoms with E-state index in [9.17, 15) is 4.79 Å². The van der Waals surface area contributed by atoms with E-state index in [0.717, 1.165) is 48.6 Å². The van der Waals surface area contributed by atoms with Gasteiger partial charge in [0.1, 0.15) is 0 Å². The van der Waals surface area contributed by atoms with Gasteiger partial charge in [0.05, 0.1) is 24.5 Å². The third kappa shape index (κ3) is 4.35. The molecule has 1 amide bonds. The van der Waals surface area contributed by atoms with Crippen molar-refractivity contribution in [2.45, 2.75) is 0 Å². The lowest BCUT2D eigenvalue weighted by Gasteiger charge is -2.32. The average molecular weight is 444 g/mol.